The molecule has 0 fully saturated rings. The summed E-state index contributed by atoms with van der Waals surface area (Å²) in [5, 5.41) is 9.03. The molecule has 112 valence electrons. The largest absolute Gasteiger partial charge is 0.494 e. The third kappa shape index (κ3) is 2.79. The first-order valence-corrected chi connectivity index (χ1v) is 6.97. The standard InChI is InChI=1S/C17H16N2O3/c1-22-13-8-7-12(10-15(20)21)16-17(13)19-14(18-16)9-11-5-3-2-4-6-11/h2-8H,9-10H2,1H3,(H,18,19)(H,20,21). The molecule has 2 aromatic carbocycles. The van der Waals surface area contributed by atoms with Crippen LogP contribution in [0.2, 0.25) is 0 Å². The molecule has 0 spiro atoms. The smallest absolute Gasteiger partial charge is 0.307 e. The van der Waals surface area contributed by atoms with Crippen molar-refractivity contribution < 1.29 is 14.6 Å². The number of rotatable bonds is 5. The second-order valence-electron chi connectivity index (χ2n) is 5.07. The van der Waals surface area contributed by atoms with Gasteiger partial charge >= 0.3 is 5.97 Å². The highest BCUT2D eigenvalue weighted by Gasteiger charge is 2.14. The third-order valence-electron chi connectivity index (χ3n) is 3.52. The van der Waals surface area contributed by atoms with E-state index in [-0.39, 0.29) is 6.42 Å². The Kier molecular flexibility index (Phi) is 3.78. The van der Waals surface area contributed by atoms with E-state index >= 15 is 0 Å². The van der Waals surface area contributed by atoms with E-state index in [4.69, 9.17) is 9.84 Å². The van der Waals surface area contributed by atoms with Crippen LogP contribution in [0.15, 0.2) is 42.5 Å². The van der Waals surface area contributed by atoms with E-state index in [2.05, 4.69) is 9.97 Å². The van der Waals surface area contributed by atoms with E-state index in [1.165, 1.54) is 0 Å². The Morgan fingerprint density at radius 3 is 2.68 bits per heavy atom. The third-order valence-corrected chi connectivity index (χ3v) is 3.52. The molecule has 5 heteroatoms. The number of aliphatic carboxylic acids is 1. The van der Waals surface area contributed by atoms with Crippen molar-refractivity contribution in [3.05, 3.63) is 59.4 Å². The summed E-state index contributed by atoms with van der Waals surface area (Å²) in [5.74, 6) is 0.558. The van der Waals surface area contributed by atoms with E-state index in [1.807, 2.05) is 30.3 Å². The van der Waals surface area contributed by atoms with Crippen molar-refractivity contribution in [1.82, 2.24) is 9.97 Å². The number of fused-ring (bicyclic) bond motifs is 1. The summed E-state index contributed by atoms with van der Waals surface area (Å²) in [6.45, 7) is 0. The number of hydrogen-bond acceptors (Lipinski definition) is 3. The first kappa shape index (κ1) is 14.1. The van der Waals surface area contributed by atoms with Crippen molar-refractivity contribution in [2.75, 3.05) is 7.11 Å². The number of nitrogens with one attached hydrogen (secondary N) is 1. The lowest BCUT2D eigenvalue weighted by Gasteiger charge is -2.03. The summed E-state index contributed by atoms with van der Waals surface area (Å²) in [5.41, 5.74) is 3.25. The molecule has 5 nitrogen and oxygen atoms in total. The average Bonchev–Trinajstić information content (AvgIpc) is 2.92. The van der Waals surface area contributed by atoms with Gasteiger partial charge in [-0.15, -0.1) is 0 Å². The van der Waals surface area contributed by atoms with Crippen LogP contribution in [0.25, 0.3) is 11.0 Å². The van der Waals surface area contributed by atoms with E-state index in [0.717, 1.165) is 16.9 Å². The van der Waals surface area contributed by atoms with Gasteiger partial charge in [0.25, 0.3) is 0 Å². The number of benzene rings is 2. The van der Waals surface area contributed by atoms with Crippen molar-refractivity contribution >= 4 is 17.0 Å². The maximum atomic E-state index is 11.0. The molecular weight excluding hydrogens is 280 g/mol. The van der Waals surface area contributed by atoms with Crippen LogP contribution in [0.3, 0.4) is 0 Å². The summed E-state index contributed by atoms with van der Waals surface area (Å²) < 4.78 is 5.32. The number of carboxylic acids is 1. The van der Waals surface area contributed by atoms with E-state index in [0.29, 0.717) is 23.3 Å². The van der Waals surface area contributed by atoms with Gasteiger partial charge in [-0.1, -0.05) is 36.4 Å². The SMILES string of the molecule is COc1ccc(CC(=O)O)c2[nH]c(Cc3ccccc3)nc12. The van der Waals surface area contributed by atoms with Gasteiger partial charge in [0.1, 0.15) is 17.1 Å². The van der Waals surface area contributed by atoms with Crippen LogP contribution in [0.5, 0.6) is 5.75 Å². The maximum Gasteiger partial charge on any atom is 0.307 e. The molecule has 3 rings (SSSR count). The fraction of sp³-hybridized carbons (Fsp3) is 0.176. The summed E-state index contributed by atoms with van der Waals surface area (Å²) in [6, 6.07) is 13.5. The molecule has 0 radical (unpaired) electrons. The van der Waals surface area contributed by atoms with Gasteiger partial charge in [-0.2, -0.15) is 0 Å². The minimum absolute atomic E-state index is 0.0482. The monoisotopic (exact) mass is 296 g/mol. The molecule has 0 amide bonds. The highest BCUT2D eigenvalue weighted by Crippen LogP contribution is 2.27. The van der Waals surface area contributed by atoms with Gasteiger partial charge in [0, 0.05) is 6.42 Å². The zero-order chi connectivity index (χ0) is 15.5. The van der Waals surface area contributed by atoms with Gasteiger partial charge in [0.15, 0.2) is 0 Å². The van der Waals surface area contributed by atoms with Crippen molar-refractivity contribution in [3.63, 3.8) is 0 Å². The lowest BCUT2D eigenvalue weighted by atomic mass is 10.1. The quantitative estimate of drug-likeness (QED) is 0.759. The topological polar surface area (TPSA) is 75.2 Å². The van der Waals surface area contributed by atoms with Gasteiger partial charge < -0.3 is 14.8 Å². The lowest BCUT2D eigenvalue weighted by Crippen LogP contribution is -2.01. The molecule has 0 bridgehead atoms. The number of ether oxygens (including phenoxy) is 1. The summed E-state index contributed by atoms with van der Waals surface area (Å²) in [4.78, 5) is 18.8. The van der Waals surface area contributed by atoms with Crippen molar-refractivity contribution in [1.29, 1.82) is 0 Å². The highest BCUT2D eigenvalue weighted by molar-refractivity contribution is 5.88. The predicted molar refractivity (Wildman–Crippen MR) is 83.2 cm³/mol. The Balaban J connectivity index is 2.04. The Labute approximate surface area is 127 Å². The fourth-order valence-electron chi connectivity index (χ4n) is 2.52. The predicted octanol–water partition coefficient (Wildman–Crippen LogP) is 2.79. The van der Waals surface area contributed by atoms with Crippen LogP contribution in [0, 0.1) is 0 Å². The molecule has 0 aliphatic carbocycles. The lowest BCUT2D eigenvalue weighted by molar-refractivity contribution is -0.136. The van der Waals surface area contributed by atoms with Gasteiger partial charge in [-0.3, -0.25) is 4.79 Å². The minimum atomic E-state index is -0.870. The summed E-state index contributed by atoms with van der Waals surface area (Å²) >= 11 is 0. The zero-order valence-electron chi connectivity index (χ0n) is 12.2. The van der Waals surface area contributed by atoms with Crippen molar-refractivity contribution in [3.8, 4) is 5.75 Å². The van der Waals surface area contributed by atoms with Gasteiger partial charge in [0.2, 0.25) is 0 Å². The number of methoxy groups -OCH3 is 1. The Morgan fingerprint density at radius 1 is 1.23 bits per heavy atom. The number of aromatic amines is 1. The molecular formula is C17H16N2O3. The van der Waals surface area contributed by atoms with Gasteiger partial charge in [0.05, 0.1) is 19.0 Å². The number of carbonyl (C=O) groups is 1. The van der Waals surface area contributed by atoms with Crippen molar-refractivity contribution in [2.45, 2.75) is 12.8 Å². The van der Waals surface area contributed by atoms with E-state index < -0.39 is 5.97 Å². The Bertz CT molecular complexity index is 809. The molecule has 2 N–H and O–H groups in total. The van der Waals surface area contributed by atoms with Crippen LogP contribution in [0.1, 0.15) is 17.0 Å². The normalized spacial score (nSPS) is 10.8. The summed E-state index contributed by atoms with van der Waals surface area (Å²) in [6.07, 6.45) is 0.610. The maximum absolute atomic E-state index is 11.0. The number of imidazole rings is 1. The molecule has 22 heavy (non-hydrogen) atoms. The fourth-order valence-corrected chi connectivity index (χ4v) is 2.52. The molecule has 0 aliphatic heterocycles. The summed E-state index contributed by atoms with van der Waals surface area (Å²) in [7, 11) is 1.58. The molecule has 0 saturated heterocycles. The highest BCUT2D eigenvalue weighted by atomic mass is 16.5. The van der Waals surface area contributed by atoms with Crippen LogP contribution >= 0.6 is 0 Å². The number of carboxylic acid groups (broad SMARTS) is 1. The molecule has 0 aliphatic rings. The minimum Gasteiger partial charge on any atom is -0.494 e. The van der Waals surface area contributed by atoms with Crippen LogP contribution < -0.4 is 4.74 Å². The molecule has 1 heterocycles. The Hall–Kier alpha value is -2.82. The zero-order valence-corrected chi connectivity index (χ0v) is 12.2. The second kappa shape index (κ2) is 5.89. The van der Waals surface area contributed by atoms with Crippen LogP contribution in [-0.2, 0) is 17.6 Å². The molecule has 1 aromatic heterocycles. The molecule has 0 saturated carbocycles. The number of H-pyrrole nitrogens is 1. The molecule has 0 unspecified atom stereocenters. The number of nitrogens with zero attached hydrogens (tertiary/aromatic N) is 1. The average molecular weight is 296 g/mol. The number of aromatic nitrogens is 2. The van der Waals surface area contributed by atoms with Crippen LogP contribution in [0.4, 0.5) is 0 Å². The molecule has 0 atom stereocenters. The van der Waals surface area contributed by atoms with E-state index in [1.54, 1.807) is 19.2 Å². The first-order chi connectivity index (χ1) is 10.7. The second-order valence-corrected chi connectivity index (χ2v) is 5.07. The van der Waals surface area contributed by atoms with E-state index in [9.17, 15) is 4.79 Å². The first-order valence-electron chi connectivity index (χ1n) is 6.97. The molecule has 3 aromatic rings. The Morgan fingerprint density at radius 2 is 2.00 bits per heavy atom. The van der Waals surface area contributed by atoms with Gasteiger partial charge in [-0.25, -0.2) is 4.98 Å². The number of hydrogen-bond donors (Lipinski definition) is 2. The van der Waals surface area contributed by atoms with Crippen LogP contribution in [-0.4, -0.2) is 28.2 Å². The van der Waals surface area contributed by atoms with Gasteiger partial charge in [-0.05, 0) is 17.2 Å². The van der Waals surface area contributed by atoms with Crippen molar-refractivity contribution in [2.24, 2.45) is 0 Å².